The lowest BCUT2D eigenvalue weighted by Gasteiger charge is -2.28. The number of fused-ring (bicyclic) bond motifs is 1. The van der Waals surface area contributed by atoms with Crippen molar-refractivity contribution in [1.82, 2.24) is 20.2 Å². The molecule has 0 aliphatic carbocycles. The summed E-state index contributed by atoms with van der Waals surface area (Å²) in [7, 11) is 4.05. The van der Waals surface area contributed by atoms with Crippen molar-refractivity contribution in [1.29, 1.82) is 0 Å². The quantitative estimate of drug-likeness (QED) is 0.912. The molecular formula is C16H22N4O. The molecule has 0 aliphatic rings. The molecule has 1 aromatic heterocycles. The molecule has 0 atom stereocenters. The molecule has 0 fully saturated rings. The first-order valence-corrected chi connectivity index (χ1v) is 7.02. The molecule has 1 N–H and O–H groups in total. The van der Waals surface area contributed by atoms with Gasteiger partial charge in [-0.2, -0.15) is 0 Å². The van der Waals surface area contributed by atoms with E-state index in [1.165, 1.54) is 6.20 Å². The Labute approximate surface area is 125 Å². The van der Waals surface area contributed by atoms with E-state index in [0.29, 0.717) is 12.2 Å². The van der Waals surface area contributed by atoms with Crippen LogP contribution in [0.3, 0.4) is 0 Å². The third-order valence-corrected chi connectivity index (χ3v) is 3.15. The normalized spacial score (nSPS) is 11.9. The Hall–Kier alpha value is -2.01. The molecule has 2 aromatic rings. The topological polar surface area (TPSA) is 58.1 Å². The van der Waals surface area contributed by atoms with Gasteiger partial charge in [-0.05, 0) is 31.6 Å². The third-order valence-electron chi connectivity index (χ3n) is 3.15. The van der Waals surface area contributed by atoms with Gasteiger partial charge in [-0.15, -0.1) is 0 Å². The molecule has 0 saturated heterocycles. The van der Waals surface area contributed by atoms with Gasteiger partial charge in [0, 0.05) is 13.1 Å². The lowest BCUT2D eigenvalue weighted by atomic mass is 9.93. The maximum atomic E-state index is 12.2. The van der Waals surface area contributed by atoms with Gasteiger partial charge in [0.2, 0.25) is 0 Å². The first-order valence-electron chi connectivity index (χ1n) is 7.02. The first kappa shape index (κ1) is 15.4. The molecule has 2 rings (SSSR count). The van der Waals surface area contributed by atoms with Gasteiger partial charge in [-0.1, -0.05) is 26.0 Å². The predicted molar refractivity (Wildman–Crippen MR) is 84.2 cm³/mol. The fourth-order valence-corrected chi connectivity index (χ4v) is 2.39. The van der Waals surface area contributed by atoms with E-state index in [1.54, 1.807) is 0 Å². The Morgan fingerprint density at radius 3 is 2.57 bits per heavy atom. The molecule has 0 aliphatic heterocycles. The van der Waals surface area contributed by atoms with Crippen LogP contribution in [0.5, 0.6) is 0 Å². The van der Waals surface area contributed by atoms with Crippen LogP contribution in [0.15, 0.2) is 30.5 Å². The van der Waals surface area contributed by atoms with Crippen LogP contribution in [-0.2, 0) is 0 Å². The van der Waals surface area contributed by atoms with Crippen molar-refractivity contribution < 1.29 is 4.79 Å². The van der Waals surface area contributed by atoms with Crippen molar-refractivity contribution in [3.63, 3.8) is 0 Å². The summed E-state index contributed by atoms with van der Waals surface area (Å²) in [6.07, 6.45) is 1.52. The molecule has 0 unspecified atom stereocenters. The third kappa shape index (κ3) is 4.23. The van der Waals surface area contributed by atoms with E-state index in [4.69, 9.17) is 0 Å². The lowest BCUT2D eigenvalue weighted by molar-refractivity contribution is 0.0924. The van der Waals surface area contributed by atoms with Crippen LogP contribution in [0.25, 0.3) is 11.0 Å². The second kappa shape index (κ2) is 6.18. The zero-order valence-electron chi connectivity index (χ0n) is 13.1. The number of carbonyl (C=O) groups excluding carboxylic acids is 1. The lowest BCUT2D eigenvalue weighted by Crippen LogP contribution is -2.40. The Bertz CT molecular complexity index is 637. The first-order chi connectivity index (χ1) is 9.87. The Morgan fingerprint density at radius 1 is 1.24 bits per heavy atom. The van der Waals surface area contributed by atoms with Crippen LogP contribution >= 0.6 is 0 Å². The highest BCUT2D eigenvalue weighted by Gasteiger charge is 2.20. The Balaban J connectivity index is 2.05. The summed E-state index contributed by atoms with van der Waals surface area (Å²) < 4.78 is 0. The summed E-state index contributed by atoms with van der Waals surface area (Å²) in [4.78, 5) is 22.9. The standard InChI is InChI=1S/C16H22N4O/c1-16(2,11-20(3)4)10-18-15(21)14-9-17-12-7-5-6-8-13(12)19-14/h5-9H,10-11H2,1-4H3,(H,18,21). The highest BCUT2D eigenvalue weighted by atomic mass is 16.1. The number of amides is 1. The van der Waals surface area contributed by atoms with Crippen LogP contribution in [0, 0.1) is 5.41 Å². The van der Waals surface area contributed by atoms with Gasteiger partial charge in [-0.3, -0.25) is 9.78 Å². The smallest absolute Gasteiger partial charge is 0.271 e. The average Bonchev–Trinajstić information content (AvgIpc) is 2.43. The zero-order valence-corrected chi connectivity index (χ0v) is 13.1. The summed E-state index contributed by atoms with van der Waals surface area (Å²) in [5, 5.41) is 2.94. The minimum atomic E-state index is -0.180. The van der Waals surface area contributed by atoms with Gasteiger partial charge in [0.1, 0.15) is 5.69 Å². The molecule has 0 radical (unpaired) electrons. The number of rotatable bonds is 5. The van der Waals surface area contributed by atoms with Crippen molar-refractivity contribution in [3.8, 4) is 0 Å². The number of nitrogens with one attached hydrogen (secondary N) is 1. The number of para-hydroxylation sites is 2. The molecule has 0 spiro atoms. The van der Waals surface area contributed by atoms with E-state index in [0.717, 1.165) is 17.6 Å². The van der Waals surface area contributed by atoms with E-state index in [2.05, 4.69) is 34.0 Å². The number of benzene rings is 1. The Morgan fingerprint density at radius 2 is 1.90 bits per heavy atom. The largest absolute Gasteiger partial charge is 0.350 e. The molecule has 1 aromatic carbocycles. The van der Waals surface area contributed by atoms with Crippen molar-refractivity contribution in [2.45, 2.75) is 13.8 Å². The van der Waals surface area contributed by atoms with E-state index in [9.17, 15) is 4.79 Å². The minimum absolute atomic E-state index is 0.00341. The fourth-order valence-electron chi connectivity index (χ4n) is 2.39. The van der Waals surface area contributed by atoms with Gasteiger partial charge in [0.25, 0.3) is 5.91 Å². The molecule has 0 bridgehead atoms. The fraction of sp³-hybridized carbons (Fsp3) is 0.438. The second-order valence-corrected chi connectivity index (χ2v) is 6.33. The van der Waals surface area contributed by atoms with Gasteiger partial charge in [-0.25, -0.2) is 4.98 Å². The Kier molecular flexibility index (Phi) is 4.53. The molecule has 5 heteroatoms. The van der Waals surface area contributed by atoms with Crippen LogP contribution in [0.4, 0.5) is 0 Å². The maximum Gasteiger partial charge on any atom is 0.271 e. The minimum Gasteiger partial charge on any atom is -0.350 e. The molecular weight excluding hydrogens is 264 g/mol. The van der Waals surface area contributed by atoms with E-state index in [1.807, 2.05) is 38.4 Å². The molecule has 0 saturated carbocycles. The number of hydrogen-bond donors (Lipinski definition) is 1. The maximum absolute atomic E-state index is 12.2. The van der Waals surface area contributed by atoms with Crippen molar-refractivity contribution >= 4 is 16.9 Å². The molecule has 21 heavy (non-hydrogen) atoms. The van der Waals surface area contributed by atoms with Crippen LogP contribution in [-0.4, -0.2) is 48.0 Å². The summed E-state index contributed by atoms with van der Waals surface area (Å²) in [5.41, 5.74) is 1.89. The van der Waals surface area contributed by atoms with Crippen molar-refractivity contribution in [3.05, 3.63) is 36.2 Å². The number of hydrogen-bond acceptors (Lipinski definition) is 4. The van der Waals surface area contributed by atoms with Gasteiger partial charge >= 0.3 is 0 Å². The summed E-state index contributed by atoms with van der Waals surface area (Å²) in [6.45, 7) is 5.74. The number of nitrogens with zero attached hydrogens (tertiary/aromatic N) is 3. The van der Waals surface area contributed by atoms with Gasteiger partial charge in [0.05, 0.1) is 17.2 Å². The number of carbonyl (C=O) groups is 1. The van der Waals surface area contributed by atoms with Crippen LogP contribution in [0.1, 0.15) is 24.3 Å². The van der Waals surface area contributed by atoms with Crippen molar-refractivity contribution in [2.24, 2.45) is 5.41 Å². The molecule has 1 heterocycles. The summed E-state index contributed by atoms with van der Waals surface area (Å²) >= 11 is 0. The van der Waals surface area contributed by atoms with Crippen LogP contribution in [0.2, 0.25) is 0 Å². The van der Waals surface area contributed by atoms with E-state index >= 15 is 0 Å². The summed E-state index contributed by atoms with van der Waals surface area (Å²) in [5.74, 6) is -0.180. The predicted octanol–water partition coefficient (Wildman–Crippen LogP) is 1.95. The van der Waals surface area contributed by atoms with Crippen LogP contribution < -0.4 is 5.32 Å². The molecule has 5 nitrogen and oxygen atoms in total. The van der Waals surface area contributed by atoms with Crippen molar-refractivity contribution in [2.75, 3.05) is 27.2 Å². The highest BCUT2D eigenvalue weighted by molar-refractivity contribution is 5.93. The molecule has 1 amide bonds. The highest BCUT2D eigenvalue weighted by Crippen LogP contribution is 2.14. The molecule has 112 valence electrons. The second-order valence-electron chi connectivity index (χ2n) is 6.33. The average molecular weight is 286 g/mol. The van der Waals surface area contributed by atoms with Gasteiger partial charge < -0.3 is 10.2 Å². The van der Waals surface area contributed by atoms with Gasteiger partial charge in [0.15, 0.2) is 0 Å². The zero-order chi connectivity index (χ0) is 15.5. The SMILES string of the molecule is CN(C)CC(C)(C)CNC(=O)c1cnc2ccccc2n1. The van der Waals surface area contributed by atoms with E-state index in [-0.39, 0.29) is 11.3 Å². The van der Waals surface area contributed by atoms with E-state index < -0.39 is 0 Å². The monoisotopic (exact) mass is 286 g/mol. The summed E-state index contributed by atoms with van der Waals surface area (Å²) in [6, 6.07) is 7.53. The number of aromatic nitrogens is 2.